The normalized spacial score (nSPS) is 12.6. The zero-order valence-corrected chi connectivity index (χ0v) is 27.7. The van der Waals surface area contributed by atoms with E-state index in [-0.39, 0.29) is 22.6 Å². The Kier molecular flexibility index (Phi) is 13.2. The van der Waals surface area contributed by atoms with Crippen molar-refractivity contribution in [1.82, 2.24) is 9.44 Å². The Balaban J connectivity index is 0.000000250. The molecule has 0 aliphatic rings. The van der Waals surface area contributed by atoms with E-state index in [1.54, 1.807) is 24.3 Å². The van der Waals surface area contributed by atoms with Crippen LogP contribution in [-0.4, -0.2) is 55.1 Å². The van der Waals surface area contributed by atoms with Crippen LogP contribution in [0, 0.1) is 13.8 Å². The van der Waals surface area contributed by atoms with Crippen LogP contribution in [0.2, 0.25) is 0 Å². The van der Waals surface area contributed by atoms with Crippen molar-refractivity contribution in [3.8, 4) is 0 Å². The second-order valence-corrected chi connectivity index (χ2v) is 13.8. The van der Waals surface area contributed by atoms with Gasteiger partial charge in [0.05, 0.1) is 24.0 Å². The first-order valence-corrected chi connectivity index (χ1v) is 17.2. The number of sulfonamides is 2. The number of methoxy groups -OCH3 is 2. The van der Waals surface area contributed by atoms with E-state index in [1.165, 1.54) is 38.5 Å². The van der Waals surface area contributed by atoms with Crippen molar-refractivity contribution >= 4 is 32.0 Å². The van der Waals surface area contributed by atoms with Crippen molar-refractivity contribution in [3.63, 3.8) is 0 Å². The summed E-state index contributed by atoms with van der Waals surface area (Å²) in [6, 6.07) is 29.3. The molecule has 10 nitrogen and oxygen atoms in total. The Morgan fingerprint density at radius 3 is 1.13 bits per heavy atom. The summed E-state index contributed by atoms with van der Waals surface area (Å²) < 4.78 is 64.1. The highest BCUT2D eigenvalue weighted by atomic mass is 32.2. The van der Waals surface area contributed by atoms with Gasteiger partial charge in [-0.05, 0) is 62.1 Å². The van der Waals surface area contributed by atoms with Gasteiger partial charge in [0.2, 0.25) is 20.0 Å². The summed E-state index contributed by atoms with van der Waals surface area (Å²) in [6.07, 6.45) is 0.442. The highest BCUT2D eigenvalue weighted by Crippen LogP contribution is 2.14. The summed E-state index contributed by atoms with van der Waals surface area (Å²) in [5.74, 6) is -1.24. The fraction of sp³-hybridized carbons (Fsp3) is 0.235. The van der Waals surface area contributed by atoms with Crippen molar-refractivity contribution < 1.29 is 35.9 Å². The number of hydrogen-bond acceptors (Lipinski definition) is 8. The lowest BCUT2D eigenvalue weighted by Crippen LogP contribution is -2.42. The van der Waals surface area contributed by atoms with Gasteiger partial charge in [-0.1, -0.05) is 96.1 Å². The van der Waals surface area contributed by atoms with Gasteiger partial charge in [0.1, 0.15) is 12.1 Å². The quantitative estimate of drug-likeness (QED) is 0.215. The molecule has 2 atom stereocenters. The Morgan fingerprint density at radius 1 is 0.543 bits per heavy atom. The molecule has 0 aliphatic heterocycles. The molecule has 0 unspecified atom stereocenters. The molecule has 0 fully saturated rings. The maximum atomic E-state index is 12.4. The van der Waals surface area contributed by atoms with Gasteiger partial charge >= 0.3 is 11.9 Å². The molecular formula is C34H38N2O8S2. The number of nitrogens with one attached hydrogen (secondary N) is 2. The number of carbonyl (C=O) groups excluding carboxylic acids is 2. The maximum absolute atomic E-state index is 12.4. The van der Waals surface area contributed by atoms with E-state index in [9.17, 15) is 26.4 Å². The van der Waals surface area contributed by atoms with Gasteiger partial charge in [0.25, 0.3) is 0 Å². The van der Waals surface area contributed by atoms with Gasteiger partial charge in [0, 0.05) is 0 Å². The largest absolute Gasteiger partial charge is 0.468 e. The van der Waals surface area contributed by atoms with Gasteiger partial charge in [-0.25, -0.2) is 16.8 Å². The SMILES string of the molecule is COC(=O)[C@H](Cc1ccccc1)NS(=O)(=O)c1ccc(C)cc1.COC(=O)[C@H](Cc1ccccc1)NS(=O)(=O)c1ccc(C)cc1. The van der Waals surface area contributed by atoms with Crippen LogP contribution in [0.15, 0.2) is 119 Å². The van der Waals surface area contributed by atoms with E-state index in [1.807, 2.05) is 74.5 Å². The second-order valence-electron chi connectivity index (χ2n) is 10.4. The summed E-state index contributed by atoms with van der Waals surface area (Å²) in [6.45, 7) is 3.74. The minimum absolute atomic E-state index is 0.116. The van der Waals surface area contributed by atoms with Crippen molar-refractivity contribution in [2.45, 2.75) is 48.6 Å². The zero-order chi connectivity index (χ0) is 33.7. The summed E-state index contributed by atoms with van der Waals surface area (Å²) in [5.41, 5.74) is 3.60. The summed E-state index contributed by atoms with van der Waals surface area (Å²) in [4.78, 5) is 24.1. The maximum Gasteiger partial charge on any atom is 0.324 e. The molecule has 0 radical (unpaired) electrons. The molecule has 46 heavy (non-hydrogen) atoms. The van der Waals surface area contributed by atoms with Gasteiger partial charge in [-0.2, -0.15) is 9.44 Å². The topological polar surface area (TPSA) is 145 Å². The number of esters is 2. The van der Waals surface area contributed by atoms with Crippen LogP contribution in [0.5, 0.6) is 0 Å². The molecule has 0 saturated heterocycles. The molecule has 0 spiro atoms. The number of benzene rings is 4. The Labute approximate surface area is 270 Å². The van der Waals surface area contributed by atoms with Crippen LogP contribution in [-0.2, 0) is 52.0 Å². The average molecular weight is 667 g/mol. The third-order valence-electron chi connectivity index (χ3n) is 6.79. The molecule has 0 aromatic heterocycles. The van der Waals surface area contributed by atoms with Crippen LogP contribution < -0.4 is 9.44 Å². The fourth-order valence-corrected chi connectivity index (χ4v) is 6.65. The molecule has 244 valence electrons. The molecule has 12 heteroatoms. The second kappa shape index (κ2) is 16.8. The first-order chi connectivity index (χ1) is 21.8. The van der Waals surface area contributed by atoms with Gasteiger partial charge < -0.3 is 9.47 Å². The predicted molar refractivity (Wildman–Crippen MR) is 175 cm³/mol. The summed E-state index contributed by atoms with van der Waals surface area (Å²) in [5, 5.41) is 0. The van der Waals surface area contributed by atoms with E-state index >= 15 is 0 Å². The van der Waals surface area contributed by atoms with Gasteiger partial charge in [-0.3, -0.25) is 9.59 Å². The first kappa shape index (κ1) is 36.1. The van der Waals surface area contributed by atoms with Crippen LogP contribution in [0.4, 0.5) is 0 Å². The number of rotatable bonds is 12. The van der Waals surface area contributed by atoms with Crippen molar-refractivity contribution in [2.75, 3.05) is 14.2 Å². The van der Waals surface area contributed by atoms with Crippen molar-refractivity contribution in [2.24, 2.45) is 0 Å². The molecular weight excluding hydrogens is 629 g/mol. The average Bonchev–Trinajstić information content (AvgIpc) is 3.05. The highest BCUT2D eigenvalue weighted by Gasteiger charge is 2.28. The van der Waals surface area contributed by atoms with Gasteiger partial charge in [-0.15, -0.1) is 0 Å². The molecule has 0 saturated carbocycles. The lowest BCUT2D eigenvalue weighted by atomic mass is 10.1. The summed E-state index contributed by atoms with van der Waals surface area (Å²) >= 11 is 0. The molecule has 0 heterocycles. The molecule has 2 N–H and O–H groups in total. The van der Waals surface area contributed by atoms with Crippen molar-refractivity contribution in [3.05, 3.63) is 131 Å². The number of aryl methyl sites for hydroxylation is 2. The third-order valence-corrected chi connectivity index (χ3v) is 9.77. The van der Waals surface area contributed by atoms with E-state index in [0.29, 0.717) is 0 Å². The molecule has 4 aromatic rings. The standard InChI is InChI=1S/2C17H19NO4S/c2*1-13-8-10-15(11-9-13)23(20,21)18-16(17(19)22-2)12-14-6-4-3-5-7-14/h2*3-11,16,18H,12H2,1-2H3/t2*16-/m00/s1. The van der Waals surface area contributed by atoms with E-state index in [4.69, 9.17) is 9.47 Å². The lowest BCUT2D eigenvalue weighted by Gasteiger charge is -2.17. The number of hydrogen-bond donors (Lipinski definition) is 2. The lowest BCUT2D eigenvalue weighted by molar-refractivity contribution is -0.143. The van der Waals surface area contributed by atoms with Crippen LogP contribution in [0.3, 0.4) is 0 Å². The predicted octanol–water partition coefficient (Wildman–Crippen LogP) is 4.12. The number of ether oxygens (including phenoxy) is 2. The van der Waals surface area contributed by atoms with Crippen LogP contribution in [0.1, 0.15) is 22.3 Å². The molecule has 4 rings (SSSR count). The van der Waals surface area contributed by atoms with E-state index in [2.05, 4.69) is 9.44 Å². The van der Waals surface area contributed by atoms with Gasteiger partial charge in [0.15, 0.2) is 0 Å². The zero-order valence-electron chi connectivity index (χ0n) is 26.0. The first-order valence-electron chi connectivity index (χ1n) is 14.3. The highest BCUT2D eigenvalue weighted by molar-refractivity contribution is 7.89. The Bertz CT molecular complexity index is 1640. The smallest absolute Gasteiger partial charge is 0.324 e. The fourth-order valence-electron chi connectivity index (χ4n) is 4.28. The molecule has 0 aliphatic carbocycles. The van der Waals surface area contributed by atoms with Crippen molar-refractivity contribution in [1.29, 1.82) is 0 Å². The Hall–Kier alpha value is -4.36. The minimum Gasteiger partial charge on any atom is -0.468 e. The monoisotopic (exact) mass is 666 g/mol. The Morgan fingerprint density at radius 2 is 0.848 bits per heavy atom. The third kappa shape index (κ3) is 10.9. The molecule has 0 amide bonds. The van der Waals surface area contributed by atoms with Crippen LogP contribution in [0.25, 0.3) is 0 Å². The minimum atomic E-state index is -3.80. The molecule has 4 aromatic carbocycles. The molecule has 0 bridgehead atoms. The van der Waals surface area contributed by atoms with Crippen LogP contribution >= 0.6 is 0 Å². The van der Waals surface area contributed by atoms with E-state index < -0.39 is 44.1 Å². The summed E-state index contributed by atoms with van der Waals surface area (Å²) in [7, 11) is -5.13. The number of carbonyl (C=O) groups is 2. The van der Waals surface area contributed by atoms with E-state index in [0.717, 1.165) is 22.3 Å².